The Bertz CT molecular complexity index is 398. The molecule has 0 spiro atoms. The molecule has 3 nitrogen and oxygen atoms in total. The minimum atomic E-state index is 0.537. The van der Waals surface area contributed by atoms with Crippen LogP contribution in [0, 0.1) is 0 Å². The Balaban J connectivity index is 2.20. The standard InChI is InChI=1S/C15H27N3S/c1-5-11(6-2)18(4)15-17-13-10-8-9-12(16-7-3)14(13)19-15/h11-12,16H,5-10H2,1-4H3. The number of nitrogens with one attached hydrogen (secondary N) is 1. The van der Waals surface area contributed by atoms with E-state index in [1.165, 1.54) is 41.4 Å². The molecular weight excluding hydrogens is 254 g/mol. The van der Waals surface area contributed by atoms with E-state index in [4.69, 9.17) is 4.98 Å². The van der Waals surface area contributed by atoms with Gasteiger partial charge in [0.05, 0.1) is 5.69 Å². The summed E-state index contributed by atoms with van der Waals surface area (Å²) < 4.78 is 0. The fourth-order valence-corrected chi connectivity index (χ4v) is 4.25. The van der Waals surface area contributed by atoms with Crippen molar-refractivity contribution < 1.29 is 0 Å². The van der Waals surface area contributed by atoms with Gasteiger partial charge in [-0.25, -0.2) is 4.98 Å². The van der Waals surface area contributed by atoms with Crippen LogP contribution in [0.25, 0.3) is 0 Å². The van der Waals surface area contributed by atoms with Gasteiger partial charge in [-0.1, -0.05) is 32.1 Å². The van der Waals surface area contributed by atoms with Crippen LogP contribution in [0.4, 0.5) is 5.13 Å². The van der Waals surface area contributed by atoms with Crippen molar-refractivity contribution in [2.24, 2.45) is 0 Å². The number of anilines is 1. The number of aromatic nitrogens is 1. The SMILES string of the molecule is CCNC1CCCc2nc(N(C)C(CC)CC)sc21. The normalized spacial score (nSPS) is 18.7. The Morgan fingerprint density at radius 2 is 2.11 bits per heavy atom. The molecule has 0 aliphatic heterocycles. The molecule has 19 heavy (non-hydrogen) atoms. The largest absolute Gasteiger partial charge is 0.348 e. The summed E-state index contributed by atoms with van der Waals surface area (Å²) in [5, 5.41) is 4.81. The van der Waals surface area contributed by atoms with Gasteiger partial charge in [-0.05, 0) is 38.6 Å². The second-order valence-electron chi connectivity index (χ2n) is 5.39. The average Bonchev–Trinajstić information content (AvgIpc) is 2.85. The molecule has 0 saturated carbocycles. The zero-order valence-corrected chi connectivity index (χ0v) is 13.5. The van der Waals surface area contributed by atoms with E-state index in [1.54, 1.807) is 0 Å². The summed E-state index contributed by atoms with van der Waals surface area (Å²) in [6.07, 6.45) is 6.06. The Hall–Kier alpha value is -0.610. The van der Waals surface area contributed by atoms with E-state index in [9.17, 15) is 0 Å². The van der Waals surface area contributed by atoms with Crippen LogP contribution in [0.5, 0.6) is 0 Å². The first kappa shape index (κ1) is 14.8. The lowest BCUT2D eigenvalue weighted by Crippen LogP contribution is -2.30. The molecule has 1 atom stereocenters. The van der Waals surface area contributed by atoms with E-state index in [1.807, 2.05) is 11.3 Å². The van der Waals surface area contributed by atoms with E-state index < -0.39 is 0 Å². The molecule has 0 amide bonds. The number of nitrogens with zero attached hydrogens (tertiary/aromatic N) is 2. The second kappa shape index (κ2) is 6.71. The van der Waals surface area contributed by atoms with E-state index in [2.05, 4.69) is 38.0 Å². The van der Waals surface area contributed by atoms with E-state index in [-0.39, 0.29) is 0 Å². The summed E-state index contributed by atoms with van der Waals surface area (Å²) in [4.78, 5) is 8.77. The average molecular weight is 281 g/mol. The summed E-state index contributed by atoms with van der Waals surface area (Å²) in [5.74, 6) is 0. The topological polar surface area (TPSA) is 28.2 Å². The maximum atomic E-state index is 4.90. The van der Waals surface area contributed by atoms with Crippen molar-refractivity contribution in [2.45, 2.75) is 65.0 Å². The van der Waals surface area contributed by atoms with E-state index >= 15 is 0 Å². The van der Waals surface area contributed by atoms with Crippen molar-refractivity contribution in [3.05, 3.63) is 10.6 Å². The fourth-order valence-electron chi connectivity index (χ4n) is 2.99. The van der Waals surface area contributed by atoms with Gasteiger partial charge in [-0.2, -0.15) is 0 Å². The Kier molecular flexibility index (Phi) is 5.22. The molecule has 1 aliphatic carbocycles. The van der Waals surface area contributed by atoms with Crippen LogP contribution < -0.4 is 10.2 Å². The minimum Gasteiger partial charge on any atom is -0.348 e. The lowest BCUT2D eigenvalue weighted by atomic mass is 9.98. The van der Waals surface area contributed by atoms with Gasteiger partial charge in [0, 0.05) is 24.0 Å². The highest BCUT2D eigenvalue weighted by atomic mass is 32.1. The van der Waals surface area contributed by atoms with Gasteiger partial charge in [0.2, 0.25) is 0 Å². The lowest BCUT2D eigenvalue weighted by Gasteiger charge is -2.25. The molecule has 0 fully saturated rings. The molecule has 2 rings (SSSR count). The molecule has 0 radical (unpaired) electrons. The molecule has 0 aromatic carbocycles. The van der Waals surface area contributed by atoms with Gasteiger partial charge in [0.1, 0.15) is 0 Å². The molecule has 1 unspecified atom stereocenters. The lowest BCUT2D eigenvalue weighted by molar-refractivity contribution is 0.476. The van der Waals surface area contributed by atoms with Crippen molar-refractivity contribution in [3.8, 4) is 0 Å². The third kappa shape index (κ3) is 3.11. The molecule has 1 heterocycles. The summed E-state index contributed by atoms with van der Waals surface area (Å²) in [6, 6.07) is 1.15. The van der Waals surface area contributed by atoms with Crippen LogP contribution >= 0.6 is 11.3 Å². The van der Waals surface area contributed by atoms with Crippen LogP contribution in [0.2, 0.25) is 0 Å². The first-order chi connectivity index (χ1) is 9.21. The van der Waals surface area contributed by atoms with Crippen LogP contribution in [0.3, 0.4) is 0 Å². The van der Waals surface area contributed by atoms with Gasteiger partial charge in [-0.3, -0.25) is 0 Å². The maximum absolute atomic E-state index is 4.90. The smallest absolute Gasteiger partial charge is 0.185 e. The monoisotopic (exact) mass is 281 g/mol. The molecule has 1 aromatic rings. The Morgan fingerprint density at radius 1 is 1.37 bits per heavy atom. The number of rotatable bonds is 6. The van der Waals surface area contributed by atoms with Crippen LogP contribution in [0.1, 0.15) is 63.1 Å². The molecule has 1 aromatic heterocycles. The third-order valence-electron chi connectivity index (χ3n) is 4.18. The quantitative estimate of drug-likeness (QED) is 0.860. The zero-order chi connectivity index (χ0) is 13.8. The van der Waals surface area contributed by atoms with Crippen molar-refractivity contribution in [1.82, 2.24) is 10.3 Å². The van der Waals surface area contributed by atoms with Crippen molar-refractivity contribution >= 4 is 16.5 Å². The predicted molar refractivity (Wildman–Crippen MR) is 84.2 cm³/mol. The zero-order valence-electron chi connectivity index (χ0n) is 12.7. The molecule has 0 saturated heterocycles. The summed E-state index contributed by atoms with van der Waals surface area (Å²) >= 11 is 1.90. The number of hydrogen-bond donors (Lipinski definition) is 1. The second-order valence-corrected chi connectivity index (χ2v) is 6.40. The number of fused-ring (bicyclic) bond motifs is 1. The van der Waals surface area contributed by atoms with Crippen LogP contribution in [-0.2, 0) is 6.42 Å². The van der Waals surface area contributed by atoms with Crippen molar-refractivity contribution in [3.63, 3.8) is 0 Å². The molecular formula is C15H27N3S. The van der Waals surface area contributed by atoms with Crippen LogP contribution in [0.15, 0.2) is 0 Å². The fraction of sp³-hybridized carbons (Fsp3) is 0.800. The van der Waals surface area contributed by atoms with Crippen molar-refractivity contribution in [2.75, 3.05) is 18.5 Å². The van der Waals surface area contributed by atoms with Gasteiger partial charge in [-0.15, -0.1) is 0 Å². The van der Waals surface area contributed by atoms with E-state index in [0.29, 0.717) is 12.1 Å². The summed E-state index contributed by atoms with van der Waals surface area (Å²) in [7, 11) is 2.20. The Labute approximate surface area is 121 Å². The van der Waals surface area contributed by atoms with Crippen LogP contribution in [-0.4, -0.2) is 24.6 Å². The first-order valence-corrected chi connectivity index (χ1v) is 8.48. The van der Waals surface area contributed by atoms with Crippen molar-refractivity contribution in [1.29, 1.82) is 0 Å². The summed E-state index contributed by atoms with van der Waals surface area (Å²) in [5.41, 5.74) is 1.34. The maximum Gasteiger partial charge on any atom is 0.185 e. The molecule has 0 bridgehead atoms. The highest BCUT2D eigenvalue weighted by Crippen LogP contribution is 2.38. The predicted octanol–water partition coefficient (Wildman–Crippen LogP) is 3.75. The first-order valence-electron chi connectivity index (χ1n) is 7.67. The minimum absolute atomic E-state index is 0.537. The van der Waals surface area contributed by atoms with Gasteiger partial charge >= 0.3 is 0 Å². The molecule has 1 aliphatic rings. The number of hydrogen-bond acceptors (Lipinski definition) is 4. The van der Waals surface area contributed by atoms with E-state index in [0.717, 1.165) is 13.0 Å². The number of aryl methyl sites for hydroxylation is 1. The number of thiazole rings is 1. The molecule has 1 N–H and O–H groups in total. The molecule has 4 heteroatoms. The van der Waals surface area contributed by atoms with Gasteiger partial charge in [0.15, 0.2) is 5.13 Å². The third-order valence-corrected chi connectivity index (χ3v) is 5.48. The van der Waals surface area contributed by atoms with Gasteiger partial charge < -0.3 is 10.2 Å². The molecule has 108 valence electrons. The Morgan fingerprint density at radius 3 is 2.74 bits per heavy atom. The summed E-state index contributed by atoms with van der Waals surface area (Å²) in [6.45, 7) is 7.76. The van der Waals surface area contributed by atoms with Gasteiger partial charge in [0.25, 0.3) is 0 Å². The highest BCUT2D eigenvalue weighted by Gasteiger charge is 2.25. The highest BCUT2D eigenvalue weighted by molar-refractivity contribution is 7.15.